The van der Waals surface area contributed by atoms with Gasteiger partial charge in [-0.25, -0.2) is 9.97 Å². The highest BCUT2D eigenvalue weighted by Gasteiger charge is 2.15. The number of hydrogen-bond acceptors (Lipinski definition) is 4. The molecular formula is C17H31N3O. The largest absolute Gasteiger partial charge is 0.477 e. The van der Waals surface area contributed by atoms with Crippen molar-refractivity contribution in [1.82, 2.24) is 9.97 Å². The van der Waals surface area contributed by atoms with Crippen LogP contribution in [0.1, 0.15) is 77.7 Å². The summed E-state index contributed by atoms with van der Waals surface area (Å²) in [6, 6.07) is 0. The fourth-order valence-corrected chi connectivity index (χ4v) is 2.27. The highest BCUT2D eigenvalue weighted by Crippen LogP contribution is 2.30. The van der Waals surface area contributed by atoms with E-state index in [0.717, 1.165) is 43.3 Å². The van der Waals surface area contributed by atoms with Gasteiger partial charge in [0.2, 0.25) is 5.88 Å². The molecule has 0 fully saturated rings. The molecule has 0 radical (unpaired) electrons. The normalized spacial score (nSPS) is 10.9. The van der Waals surface area contributed by atoms with Crippen molar-refractivity contribution in [3.8, 4) is 5.88 Å². The predicted octanol–water partition coefficient (Wildman–Crippen LogP) is 4.77. The van der Waals surface area contributed by atoms with Gasteiger partial charge in [0.15, 0.2) is 0 Å². The molecule has 0 bridgehead atoms. The summed E-state index contributed by atoms with van der Waals surface area (Å²) in [5.41, 5.74) is 1.10. The Labute approximate surface area is 129 Å². The van der Waals surface area contributed by atoms with E-state index in [-0.39, 0.29) is 0 Å². The minimum absolute atomic E-state index is 0.348. The third-order valence-corrected chi connectivity index (χ3v) is 3.45. The Bertz CT molecular complexity index is 394. The molecule has 120 valence electrons. The first kappa shape index (κ1) is 17.7. The Morgan fingerprint density at radius 2 is 1.81 bits per heavy atom. The second-order valence-corrected chi connectivity index (χ2v) is 5.79. The molecule has 0 aliphatic heterocycles. The molecule has 0 unspecified atom stereocenters. The maximum atomic E-state index is 5.91. The van der Waals surface area contributed by atoms with Gasteiger partial charge in [-0.1, -0.05) is 53.4 Å². The summed E-state index contributed by atoms with van der Waals surface area (Å²) in [5, 5.41) is 3.37. The Morgan fingerprint density at radius 1 is 1.05 bits per heavy atom. The first-order valence-corrected chi connectivity index (χ1v) is 8.42. The van der Waals surface area contributed by atoms with Crippen molar-refractivity contribution in [1.29, 1.82) is 0 Å². The van der Waals surface area contributed by atoms with Crippen LogP contribution in [0.4, 0.5) is 5.82 Å². The maximum absolute atomic E-state index is 5.91. The first-order valence-electron chi connectivity index (χ1n) is 8.42. The number of nitrogens with zero attached hydrogens (tertiary/aromatic N) is 2. The highest BCUT2D eigenvalue weighted by molar-refractivity contribution is 5.50. The van der Waals surface area contributed by atoms with Crippen LogP contribution in [0.5, 0.6) is 5.88 Å². The van der Waals surface area contributed by atoms with E-state index in [2.05, 4.69) is 43.0 Å². The minimum Gasteiger partial charge on any atom is -0.477 e. The quantitative estimate of drug-likeness (QED) is 0.597. The lowest BCUT2D eigenvalue weighted by Crippen LogP contribution is -2.10. The average Bonchev–Trinajstić information content (AvgIpc) is 2.48. The van der Waals surface area contributed by atoms with Gasteiger partial charge in [0.1, 0.15) is 12.1 Å². The molecule has 0 spiro atoms. The molecule has 4 nitrogen and oxygen atoms in total. The summed E-state index contributed by atoms with van der Waals surface area (Å²) in [5.74, 6) is 2.01. The summed E-state index contributed by atoms with van der Waals surface area (Å²) in [6.45, 7) is 10.4. The number of unbranched alkanes of at least 4 members (excludes halogenated alkanes) is 4. The Morgan fingerprint density at radius 3 is 2.48 bits per heavy atom. The smallest absolute Gasteiger partial charge is 0.222 e. The molecule has 1 N–H and O–H groups in total. The summed E-state index contributed by atoms with van der Waals surface area (Å²) in [6.07, 6.45) is 8.89. The highest BCUT2D eigenvalue weighted by atomic mass is 16.5. The molecule has 1 rings (SSSR count). The molecule has 1 aromatic heterocycles. The van der Waals surface area contributed by atoms with Crippen molar-refractivity contribution >= 4 is 5.82 Å². The lowest BCUT2D eigenvalue weighted by Gasteiger charge is -2.17. The molecular weight excluding hydrogens is 262 g/mol. The van der Waals surface area contributed by atoms with Gasteiger partial charge in [-0.05, 0) is 18.8 Å². The van der Waals surface area contributed by atoms with Crippen LogP contribution in [-0.4, -0.2) is 23.1 Å². The number of hydrogen-bond donors (Lipinski definition) is 1. The van der Waals surface area contributed by atoms with Gasteiger partial charge < -0.3 is 10.1 Å². The average molecular weight is 293 g/mol. The second-order valence-electron chi connectivity index (χ2n) is 5.79. The van der Waals surface area contributed by atoms with E-state index in [1.165, 1.54) is 25.7 Å². The van der Waals surface area contributed by atoms with Crippen molar-refractivity contribution in [2.75, 3.05) is 18.5 Å². The SMILES string of the molecule is CCCCCCCOc1ncnc(NCCC)c1C(C)C. The molecule has 1 aromatic rings. The van der Waals surface area contributed by atoms with E-state index in [4.69, 9.17) is 4.74 Å². The summed E-state index contributed by atoms with van der Waals surface area (Å²) in [4.78, 5) is 8.69. The van der Waals surface area contributed by atoms with Crippen molar-refractivity contribution < 1.29 is 4.74 Å². The molecule has 0 aliphatic carbocycles. The molecule has 4 heteroatoms. The lowest BCUT2D eigenvalue weighted by atomic mass is 10.1. The van der Waals surface area contributed by atoms with Crippen LogP contribution in [0.25, 0.3) is 0 Å². The van der Waals surface area contributed by atoms with Crippen LogP contribution in [0.2, 0.25) is 0 Å². The van der Waals surface area contributed by atoms with Crippen molar-refractivity contribution in [2.24, 2.45) is 0 Å². The third-order valence-electron chi connectivity index (χ3n) is 3.45. The van der Waals surface area contributed by atoms with E-state index in [1.54, 1.807) is 6.33 Å². The van der Waals surface area contributed by atoms with E-state index >= 15 is 0 Å². The van der Waals surface area contributed by atoms with E-state index in [9.17, 15) is 0 Å². The van der Waals surface area contributed by atoms with E-state index in [1.807, 2.05) is 0 Å². The Balaban J connectivity index is 2.59. The van der Waals surface area contributed by atoms with E-state index < -0.39 is 0 Å². The number of aromatic nitrogens is 2. The van der Waals surface area contributed by atoms with Crippen molar-refractivity contribution in [2.45, 2.75) is 72.1 Å². The molecule has 0 atom stereocenters. The summed E-state index contributed by atoms with van der Waals surface area (Å²) in [7, 11) is 0. The monoisotopic (exact) mass is 293 g/mol. The molecule has 0 saturated carbocycles. The first-order chi connectivity index (χ1) is 10.2. The number of nitrogens with one attached hydrogen (secondary N) is 1. The van der Waals surface area contributed by atoms with Gasteiger partial charge in [-0.15, -0.1) is 0 Å². The van der Waals surface area contributed by atoms with Crippen LogP contribution in [-0.2, 0) is 0 Å². The summed E-state index contributed by atoms with van der Waals surface area (Å²) >= 11 is 0. The number of rotatable bonds is 11. The zero-order valence-electron chi connectivity index (χ0n) is 14.1. The maximum Gasteiger partial charge on any atom is 0.222 e. The zero-order valence-corrected chi connectivity index (χ0v) is 14.1. The van der Waals surface area contributed by atoms with Gasteiger partial charge in [0.05, 0.1) is 12.2 Å². The molecule has 21 heavy (non-hydrogen) atoms. The van der Waals surface area contributed by atoms with Crippen LogP contribution in [0, 0.1) is 0 Å². The van der Waals surface area contributed by atoms with Crippen molar-refractivity contribution in [3.63, 3.8) is 0 Å². The van der Waals surface area contributed by atoms with Crippen LogP contribution in [0.3, 0.4) is 0 Å². The fourth-order valence-electron chi connectivity index (χ4n) is 2.27. The van der Waals surface area contributed by atoms with Crippen LogP contribution in [0.15, 0.2) is 6.33 Å². The van der Waals surface area contributed by atoms with Gasteiger partial charge in [-0.3, -0.25) is 0 Å². The lowest BCUT2D eigenvalue weighted by molar-refractivity contribution is 0.288. The molecule has 0 amide bonds. The number of ether oxygens (including phenoxy) is 1. The van der Waals surface area contributed by atoms with Gasteiger partial charge in [-0.2, -0.15) is 0 Å². The van der Waals surface area contributed by atoms with Gasteiger partial charge in [0, 0.05) is 6.54 Å². The zero-order chi connectivity index (χ0) is 15.5. The van der Waals surface area contributed by atoms with Crippen LogP contribution < -0.4 is 10.1 Å². The second kappa shape index (κ2) is 10.4. The van der Waals surface area contributed by atoms with Gasteiger partial charge >= 0.3 is 0 Å². The number of anilines is 1. The molecule has 1 heterocycles. The molecule has 0 saturated heterocycles. The van der Waals surface area contributed by atoms with E-state index in [0.29, 0.717) is 5.92 Å². The predicted molar refractivity (Wildman–Crippen MR) is 89.2 cm³/mol. The minimum atomic E-state index is 0.348. The standard InChI is InChI=1S/C17H31N3O/c1-5-7-8-9-10-12-21-17-15(14(3)4)16(18-11-6-2)19-13-20-17/h13-14H,5-12H2,1-4H3,(H,18,19,20). The Hall–Kier alpha value is -1.32. The third kappa shape index (κ3) is 6.32. The van der Waals surface area contributed by atoms with Gasteiger partial charge in [0.25, 0.3) is 0 Å². The molecule has 0 aliphatic rings. The molecule has 0 aromatic carbocycles. The summed E-state index contributed by atoms with van der Waals surface area (Å²) < 4.78 is 5.91. The van der Waals surface area contributed by atoms with Crippen LogP contribution >= 0.6 is 0 Å². The van der Waals surface area contributed by atoms with Crippen molar-refractivity contribution in [3.05, 3.63) is 11.9 Å². The topological polar surface area (TPSA) is 47.0 Å². The fraction of sp³-hybridized carbons (Fsp3) is 0.765. The Kier molecular flexibility index (Phi) is 8.79.